The molecule has 86 valence electrons. The van der Waals surface area contributed by atoms with Crippen LogP contribution in [-0.2, 0) is 9.53 Å². The van der Waals surface area contributed by atoms with Gasteiger partial charge in [0.25, 0.3) is 0 Å². The summed E-state index contributed by atoms with van der Waals surface area (Å²) in [6.07, 6.45) is 6.36. The highest BCUT2D eigenvalue weighted by Gasteiger charge is 1.89. The van der Waals surface area contributed by atoms with Crippen LogP contribution in [0.5, 0.6) is 0 Å². The molecule has 0 saturated heterocycles. The molecule has 1 rings (SSSR count). The van der Waals surface area contributed by atoms with Gasteiger partial charge in [-0.3, -0.25) is 0 Å². The predicted molar refractivity (Wildman–Crippen MR) is 68.2 cm³/mol. The number of hydrogen-bond donors (Lipinski definition) is 0. The first-order chi connectivity index (χ1) is 8.33. The third kappa shape index (κ3) is 6.01. The smallest absolute Gasteiger partial charge is 0.330 e. The molecule has 0 N–H and O–H groups in total. The van der Waals surface area contributed by atoms with E-state index in [9.17, 15) is 4.79 Å². The number of hydrogen-bond acceptors (Lipinski definition) is 2. The van der Waals surface area contributed by atoms with Crippen molar-refractivity contribution in [2.24, 2.45) is 0 Å². The van der Waals surface area contributed by atoms with Gasteiger partial charge in [-0.25, -0.2) is 4.79 Å². The van der Waals surface area contributed by atoms with Crippen molar-refractivity contribution in [1.82, 2.24) is 0 Å². The Hall–Kier alpha value is -2.27. The van der Waals surface area contributed by atoms with E-state index in [1.165, 1.54) is 6.08 Å². The summed E-state index contributed by atoms with van der Waals surface area (Å²) >= 11 is 0. The molecule has 0 amide bonds. The number of carbonyl (C=O) groups excluding carboxylic acids is 1. The highest BCUT2D eigenvalue weighted by Crippen LogP contribution is 1.94. The number of benzene rings is 1. The Bertz CT molecular complexity index is 459. The summed E-state index contributed by atoms with van der Waals surface area (Å²) in [7, 11) is 0. The standard InChI is InChI=1S/C15H14O2/c1-2-17-15(16)13-9-4-3-6-10-14-11-7-5-8-12-14/h3-5,7-9,11-13H,2H2,1H3. The number of rotatable bonds is 3. The molecule has 0 atom stereocenters. The molecule has 0 aliphatic rings. The second kappa shape index (κ2) is 7.95. The second-order valence-electron chi connectivity index (χ2n) is 3.11. The topological polar surface area (TPSA) is 26.3 Å². The summed E-state index contributed by atoms with van der Waals surface area (Å²) in [5.41, 5.74) is 0.964. The van der Waals surface area contributed by atoms with E-state index >= 15 is 0 Å². The van der Waals surface area contributed by atoms with Gasteiger partial charge in [-0.1, -0.05) is 42.2 Å². The number of allylic oxidation sites excluding steroid dienone is 3. The summed E-state index contributed by atoms with van der Waals surface area (Å²) in [4.78, 5) is 10.9. The van der Waals surface area contributed by atoms with Gasteiger partial charge in [-0.05, 0) is 25.1 Å². The largest absolute Gasteiger partial charge is 0.463 e. The van der Waals surface area contributed by atoms with E-state index in [-0.39, 0.29) is 5.97 Å². The quantitative estimate of drug-likeness (QED) is 0.343. The third-order valence-electron chi connectivity index (χ3n) is 1.80. The molecule has 2 nitrogen and oxygen atoms in total. The van der Waals surface area contributed by atoms with E-state index in [4.69, 9.17) is 4.74 Å². The average molecular weight is 226 g/mol. The summed E-state index contributed by atoms with van der Waals surface area (Å²) in [6.45, 7) is 2.16. The molecule has 0 aliphatic heterocycles. The lowest BCUT2D eigenvalue weighted by atomic mass is 10.2. The van der Waals surface area contributed by atoms with Crippen LogP contribution in [0.3, 0.4) is 0 Å². The molecule has 0 aliphatic carbocycles. The van der Waals surface area contributed by atoms with E-state index in [1.54, 1.807) is 25.2 Å². The number of carbonyl (C=O) groups is 1. The van der Waals surface area contributed by atoms with Gasteiger partial charge in [-0.15, -0.1) is 0 Å². The van der Waals surface area contributed by atoms with Crippen LogP contribution in [-0.4, -0.2) is 12.6 Å². The molecule has 0 bridgehead atoms. The first kappa shape index (κ1) is 12.8. The van der Waals surface area contributed by atoms with Crippen LogP contribution in [0.4, 0.5) is 0 Å². The van der Waals surface area contributed by atoms with Crippen molar-refractivity contribution in [3.63, 3.8) is 0 Å². The first-order valence-corrected chi connectivity index (χ1v) is 5.39. The summed E-state index contributed by atoms with van der Waals surface area (Å²) in [6, 6.07) is 9.70. The van der Waals surface area contributed by atoms with E-state index in [0.29, 0.717) is 6.61 Å². The fourth-order valence-electron chi connectivity index (χ4n) is 1.07. The van der Waals surface area contributed by atoms with Crippen LogP contribution in [0.1, 0.15) is 12.5 Å². The third-order valence-corrected chi connectivity index (χ3v) is 1.80. The summed E-state index contributed by atoms with van der Waals surface area (Å²) in [5, 5.41) is 0. The lowest BCUT2D eigenvalue weighted by molar-refractivity contribution is -0.137. The molecule has 2 heteroatoms. The maximum atomic E-state index is 10.9. The summed E-state index contributed by atoms with van der Waals surface area (Å²) < 4.78 is 4.72. The Balaban J connectivity index is 2.41. The van der Waals surface area contributed by atoms with Crippen molar-refractivity contribution in [3.05, 3.63) is 60.2 Å². The van der Waals surface area contributed by atoms with Crippen LogP contribution < -0.4 is 0 Å². The Labute approximate surface area is 102 Å². The van der Waals surface area contributed by atoms with Gasteiger partial charge < -0.3 is 4.74 Å². The zero-order valence-electron chi connectivity index (χ0n) is 9.72. The predicted octanol–water partition coefficient (Wildman–Crippen LogP) is 2.71. The molecule has 0 radical (unpaired) electrons. The Kier molecular flexibility index (Phi) is 5.98. The van der Waals surface area contributed by atoms with Gasteiger partial charge in [-0.2, -0.15) is 0 Å². The van der Waals surface area contributed by atoms with Crippen molar-refractivity contribution in [1.29, 1.82) is 0 Å². The lowest BCUT2D eigenvalue weighted by Gasteiger charge is -1.92. The van der Waals surface area contributed by atoms with Gasteiger partial charge in [0.2, 0.25) is 0 Å². The van der Waals surface area contributed by atoms with Crippen molar-refractivity contribution in [3.8, 4) is 11.8 Å². The number of ether oxygens (including phenoxy) is 1. The molecule has 0 aromatic heterocycles. The zero-order valence-corrected chi connectivity index (χ0v) is 9.72. The first-order valence-electron chi connectivity index (χ1n) is 5.39. The van der Waals surface area contributed by atoms with E-state index < -0.39 is 0 Å². The minimum atomic E-state index is -0.340. The molecule has 0 saturated carbocycles. The molecule has 0 spiro atoms. The zero-order chi connectivity index (χ0) is 12.3. The molecule has 0 unspecified atom stereocenters. The van der Waals surface area contributed by atoms with Crippen LogP contribution in [0.2, 0.25) is 0 Å². The fourth-order valence-corrected chi connectivity index (χ4v) is 1.07. The van der Waals surface area contributed by atoms with Crippen molar-refractivity contribution in [2.45, 2.75) is 6.92 Å². The van der Waals surface area contributed by atoms with Crippen LogP contribution >= 0.6 is 0 Å². The maximum Gasteiger partial charge on any atom is 0.330 e. The van der Waals surface area contributed by atoms with Crippen LogP contribution in [0.25, 0.3) is 0 Å². The minimum Gasteiger partial charge on any atom is -0.463 e. The average Bonchev–Trinajstić information content (AvgIpc) is 2.35. The SMILES string of the molecule is CCOC(=O)C=CC=CC#Cc1ccccc1. The Morgan fingerprint density at radius 2 is 2.06 bits per heavy atom. The summed E-state index contributed by atoms with van der Waals surface area (Å²) in [5.74, 6) is 5.50. The normalized spacial score (nSPS) is 10.2. The maximum absolute atomic E-state index is 10.9. The van der Waals surface area contributed by atoms with Gasteiger partial charge in [0.15, 0.2) is 0 Å². The molecular weight excluding hydrogens is 212 g/mol. The number of esters is 1. The van der Waals surface area contributed by atoms with Gasteiger partial charge in [0.05, 0.1) is 6.61 Å². The van der Waals surface area contributed by atoms with Crippen molar-refractivity contribution in [2.75, 3.05) is 6.61 Å². The lowest BCUT2D eigenvalue weighted by Crippen LogP contribution is -1.98. The monoisotopic (exact) mass is 226 g/mol. The highest BCUT2D eigenvalue weighted by atomic mass is 16.5. The Morgan fingerprint density at radius 3 is 2.76 bits per heavy atom. The molecule has 1 aromatic rings. The second-order valence-corrected chi connectivity index (χ2v) is 3.11. The molecule has 17 heavy (non-hydrogen) atoms. The van der Waals surface area contributed by atoms with Crippen molar-refractivity contribution >= 4 is 5.97 Å². The van der Waals surface area contributed by atoms with Crippen molar-refractivity contribution < 1.29 is 9.53 Å². The molecule has 0 heterocycles. The van der Waals surface area contributed by atoms with E-state index in [0.717, 1.165) is 5.56 Å². The minimum absolute atomic E-state index is 0.340. The van der Waals surface area contributed by atoms with Gasteiger partial charge in [0.1, 0.15) is 0 Å². The van der Waals surface area contributed by atoms with E-state index in [2.05, 4.69) is 11.8 Å². The van der Waals surface area contributed by atoms with Gasteiger partial charge in [0, 0.05) is 11.6 Å². The highest BCUT2D eigenvalue weighted by molar-refractivity contribution is 5.82. The Morgan fingerprint density at radius 1 is 1.29 bits per heavy atom. The molecule has 1 aromatic carbocycles. The van der Waals surface area contributed by atoms with Gasteiger partial charge >= 0.3 is 5.97 Å². The van der Waals surface area contributed by atoms with Crippen LogP contribution in [0.15, 0.2) is 54.6 Å². The van der Waals surface area contributed by atoms with E-state index in [1.807, 2.05) is 30.3 Å². The molecule has 0 fully saturated rings. The van der Waals surface area contributed by atoms with Crippen LogP contribution in [0, 0.1) is 11.8 Å². The fraction of sp³-hybridized carbons (Fsp3) is 0.133. The molecular formula is C15H14O2.